The molecule has 0 fully saturated rings. The molecule has 0 bridgehead atoms. The summed E-state index contributed by atoms with van der Waals surface area (Å²) in [5, 5.41) is 6.89. The van der Waals surface area contributed by atoms with E-state index in [1.54, 1.807) is 24.9 Å². The highest BCUT2D eigenvalue weighted by Crippen LogP contribution is 2.34. The number of hydrogen-bond acceptors (Lipinski definition) is 4. The van der Waals surface area contributed by atoms with Crippen LogP contribution in [0.1, 0.15) is 17.0 Å². The van der Waals surface area contributed by atoms with Crippen molar-refractivity contribution >= 4 is 5.69 Å². The zero-order chi connectivity index (χ0) is 15.6. The number of anilines is 1. The molecule has 2 aromatic heterocycles. The molecule has 8 heteroatoms. The molecule has 0 unspecified atom stereocenters. The average molecular weight is 300 g/mol. The minimum atomic E-state index is -4.55. The summed E-state index contributed by atoms with van der Waals surface area (Å²) in [5.74, 6) is -0.0783. The summed E-state index contributed by atoms with van der Waals surface area (Å²) < 4.78 is 45.4. The summed E-state index contributed by atoms with van der Waals surface area (Å²) in [4.78, 5) is 3.47. The van der Waals surface area contributed by atoms with Crippen LogP contribution in [0, 0.1) is 6.92 Å². The van der Waals surface area contributed by atoms with Crippen molar-refractivity contribution in [3.05, 3.63) is 35.3 Å². The lowest BCUT2D eigenvalue weighted by molar-refractivity contribution is -0.140. The smallest absolute Gasteiger partial charge is 0.435 e. The van der Waals surface area contributed by atoms with Crippen LogP contribution in [-0.2, 0) is 19.8 Å². The van der Waals surface area contributed by atoms with Crippen LogP contribution in [0.2, 0.25) is 0 Å². The van der Waals surface area contributed by atoms with Gasteiger partial charge in [0.25, 0.3) is 0 Å². The molecule has 2 heterocycles. The van der Waals surface area contributed by atoms with E-state index in [1.165, 1.54) is 19.2 Å². The largest absolute Gasteiger partial charge is 0.481 e. The number of hydrogen-bond donors (Lipinski definition) is 1. The molecule has 0 saturated carbocycles. The first-order valence-corrected chi connectivity index (χ1v) is 6.16. The summed E-state index contributed by atoms with van der Waals surface area (Å²) in [6, 6.07) is 2.69. The van der Waals surface area contributed by atoms with Gasteiger partial charge in [-0.25, -0.2) is 4.98 Å². The normalized spacial score (nSPS) is 11.5. The Balaban J connectivity index is 2.25. The van der Waals surface area contributed by atoms with E-state index in [0.29, 0.717) is 0 Å². The van der Waals surface area contributed by atoms with Crippen LogP contribution in [0.5, 0.6) is 5.88 Å². The van der Waals surface area contributed by atoms with E-state index in [-0.39, 0.29) is 18.1 Å². The van der Waals surface area contributed by atoms with Gasteiger partial charge in [-0.05, 0) is 13.0 Å². The quantitative estimate of drug-likeness (QED) is 0.943. The fourth-order valence-electron chi connectivity index (χ4n) is 1.93. The van der Waals surface area contributed by atoms with E-state index in [4.69, 9.17) is 4.74 Å². The monoisotopic (exact) mass is 300 g/mol. The SMILES string of the molecule is COc1ccc(NCc2cn(C)nc2C)c(C(F)(F)F)n1. The third-order valence-electron chi connectivity index (χ3n) is 2.93. The molecule has 0 amide bonds. The Morgan fingerprint density at radius 3 is 2.57 bits per heavy atom. The molecule has 0 radical (unpaired) electrons. The minimum Gasteiger partial charge on any atom is -0.481 e. The summed E-state index contributed by atoms with van der Waals surface area (Å²) in [6.45, 7) is 2.03. The Morgan fingerprint density at radius 1 is 1.33 bits per heavy atom. The van der Waals surface area contributed by atoms with Gasteiger partial charge in [0, 0.05) is 31.4 Å². The fourth-order valence-corrected chi connectivity index (χ4v) is 1.93. The molecule has 0 spiro atoms. The van der Waals surface area contributed by atoms with Crippen molar-refractivity contribution in [2.24, 2.45) is 7.05 Å². The van der Waals surface area contributed by atoms with Gasteiger partial charge in [0.1, 0.15) is 0 Å². The second kappa shape index (κ2) is 5.63. The van der Waals surface area contributed by atoms with Crippen molar-refractivity contribution in [2.45, 2.75) is 19.6 Å². The number of alkyl halides is 3. The van der Waals surface area contributed by atoms with Gasteiger partial charge in [-0.15, -0.1) is 0 Å². The molecule has 2 rings (SSSR count). The maximum Gasteiger partial charge on any atom is 0.435 e. The lowest BCUT2D eigenvalue weighted by atomic mass is 10.2. The number of pyridine rings is 1. The summed E-state index contributed by atoms with van der Waals surface area (Å²) in [7, 11) is 3.03. The van der Waals surface area contributed by atoms with Crippen LogP contribution in [0.15, 0.2) is 18.3 Å². The molecule has 0 aliphatic rings. The van der Waals surface area contributed by atoms with Crippen LogP contribution < -0.4 is 10.1 Å². The van der Waals surface area contributed by atoms with Crippen molar-refractivity contribution < 1.29 is 17.9 Å². The summed E-state index contributed by atoms with van der Waals surface area (Å²) >= 11 is 0. The van der Waals surface area contributed by atoms with Crippen molar-refractivity contribution in [3.63, 3.8) is 0 Å². The molecule has 1 N–H and O–H groups in total. The van der Waals surface area contributed by atoms with Crippen LogP contribution in [0.3, 0.4) is 0 Å². The van der Waals surface area contributed by atoms with Crippen LogP contribution in [0.4, 0.5) is 18.9 Å². The molecule has 5 nitrogen and oxygen atoms in total. The van der Waals surface area contributed by atoms with Crippen LogP contribution in [0.25, 0.3) is 0 Å². The van der Waals surface area contributed by atoms with Gasteiger partial charge in [-0.3, -0.25) is 4.68 Å². The van der Waals surface area contributed by atoms with Crippen molar-refractivity contribution in [1.82, 2.24) is 14.8 Å². The van der Waals surface area contributed by atoms with Gasteiger partial charge >= 0.3 is 6.18 Å². The number of aryl methyl sites for hydroxylation is 2. The van der Waals surface area contributed by atoms with E-state index < -0.39 is 11.9 Å². The Hall–Kier alpha value is -2.25. The van der Waals surface area contributed by atoms with Gasteiger partial charge in [0.2, 0.25) is 5.88 Å². The zero-order valence-corrected chi connectivity index (χ0v) is 11.8. The maximum atomic E-state index is 13.0. The second-order valence-corrected chi connectivity index (χ2v) is 4.51. The predicted octanol–water partition coefficient (Wildman–Crippen LogP) is 2.76. The third kappa shape index (κ3) is 3.45. The van der Waals surface area contributed by atoms with Gasteiger partial charge in [0.05, 0.1) is 18.5 Å². The van der Waals surface area contributed by atoms with Crippen molar-refractivity contribution in [2.75, 3.05) is 12.4 Å². The summed E-state index contributed by atoms with van der Waals surface area (Å²) in [5.41, 5.74) is 0.497. The number of halogens is 3. The number of rotatable bonds is 4. The Bertz CT molecular complexity index is 637. The Morgan fingerprint density at radius 2 is 2.05 bits per heavy atom. The van der Waals surface area contributed by atoms with Gasteiger partial charge in [-0.2, -0.15) is 18.3 Å². The molecule has 114 valence electrons. The predicted molar refractivity (Wildman–Crippen MR) is 71.1 cm³/mol. The van der Waals surface area contributed by atoms with Crippen molar-refractivity contribution in [1.29, 1.82) is 0 Å². The average Bonchev–Trinajstić information content (AvgIpc) is 2.73. The first-order chi connectivity index (χ1) is 9.81. The highest BCUT2D eigenvalue weighted by Gasteiger charge is 2.36. The van der Waals surface area contributed by atoms with Crippen LogP contribution in [-0.4, -0.2) is 21.9 Å². The zero-order valence-electron chi connectivity index (χ0n) is 11.8. The molecule has 21 heavy (non-hydrogen) atoms. The molecule has 0 aliphatic carbocycles. The molecule has 0 atom stereocenters. The number of aromatic nitrogens is 3. The van der Waals surface area contributed by atoms with Crippen molar-refractivity contribution in [3.8, 4) is 5.88 Å². The molecular weight excluding hydrogens is 285 g/mol. The van der Waals surface area contributed by atoms with E-state index >= 15 is 0 Å². The highest BCUT2D eigenvalue weighted by atomic mass is 19.4. The second-order valence-electron chi connectivity index (χ2n) is 4.51. The molecule has 0 aromatic carbocycles. The molecule has 2 aromatic rings. The van der Waals surface area contributed by atoms with E-state index in [2.05, 4.69) is 15.4 Å². The minimum absolute atomic E-state index is 0.0783. The topological polar surface area (TPSA) is 52.0 Å². The maximum absolute atomic E-state index is 13.0. The first-order valence-electron chi connectivity index (χ1n) is 6.16. The lowest BCUT2D eigenvalue weighted by Crippen LogP contribution is -2.13. The lowest BCUT2D eigenvalue weighted by Gasteiger charge is -2.14. The summed E-state index contributed by atoms with van der Waals surface area (Å²) in [6.07, 6.45) is -2.80. The molecular formula is C13H15F3N4O. The van der Waals surface area contributed by atoms with Gasteiger partial charge < -0.3 is 10.1 Å². The van der Waals surface area contributed by atoms with E-state index in [0.717, 1.165) is 11.3 Å². The number of ether oxygens (including phenoxy) is 1. The Kier molecular flexibility index (Phi) is 4.06. The molecule has 0 aliphatic heterocycles. The third-order valence-corrected chi connectivity index (χ3v) is 2.93. The highest BCUT2D eigenvalue weighted by molar-refractivity contribution is 5.51. The standard InChI is InChI=1S/C13H15F3N4O/c1-8-9(7-20(2)19-8)6-17-10-4-5-11(21-3)18-12(10)13(14,15)16/h4-5,7,17H,6H2,1-3H3. The first kappa shape index (κ1) is 15.1. The van der Waals surface area contributed by atoms with Crippen LogP contribution >= 0.6 is 0 Å². The number of methoxy groups -OCH3 is 1. The molecule has 0 saturated heterocycles. The number of nitrogens with zero attached hydrogens (tertiary/aromatic N) is 3. The number of nitrogens with one attached hydrogen (secondary N) is 1. The van der Waals surface area contributed by atoms with Gasteiger partial charge in [0.15, 0.2) is 5.69 Å². The fraction of sp³-hybridized carbons (Fsp3) is 0.385. The van der Waals surface area contributed by atoms with Gasteiger partial charge in [-0.1, -0.05) is 0 Å². The Labute approximate surface area is 119 Å². The van der Waals surface area contributed by atoms with E-state index in [9.17, 15) is 13.2 Å². The van der Waals surface area contributed by atoms with E-state index in [1.807, 2.05) is 0 Å².